The molecule has 0 amide bonds. The van der Waals surface area contributed by atoms with Crippen LogP contribution >= 0.6 is 0 Å². The molecule has 0 saturated carbocycles. The van der Waals surface area contributed by atoms with E-state index in [1.165, 1.54) is 11.1 Å². The maximum absolute atomic E-state index is 4.16. The molecule has 1 heterocycles. The summed E-state index contributed by atoms with van der Waals surface area (Å²) < 4.78 is 0. The van der Waals surface area contributed by atoms with Gasteiger partial charge in [0.05, 0.1) is 0 Å². The van der Waals surface area contributed by atoms with Crippen LogP contribution in [0.25, 0.3) is 0 Å². The lowest BCUT2D eigenvalue weighted by Crippen LogP contribution is -2.00. The molecule has 1 atom stereocenters. The molecule has 0 saturated heterocycles. The highest BCUT2D eigenvalue weighted by molar-refractivity contribution is 5.82. The molecular formula is C11H11N. The normalized spacial score (nSPS) is 25.9. The van der Waals surface area contributed by atoms with Gasteiger partial charge in [-0.2, -0.15) is 0 Å². The predicted octanol–water partition coefficient (Wildman–Crippen LogP) is 2.64. The van der Waals surface area contributed by atoms with Crippen LogP contribution in [-0.2, 0) is 0 Å². The third-order valence-corrected chi connectivity index (χ3v) is 2.27. The second-order valence-electron chi connectivity index (χ2n) is 3.03. The summed E-state index contributed by atoms with van der Waals surface area (Å²) in [6, 6.07) is 0. The summed E-state index contributed by atoms with van der Waals surface area (Å²) in [6.07, 6.45) is 14.2. The molecule has 0 N–H and O–H groups in total. The van der Waals surface area contributed by atoms with Gasteiger partial charge in [0.1, 0.15) is 0 Å². The summed E-state index contributed by atoms with van der Waals surface area (Å²) in [5.41, 5.74) is 2.60. The molecule has 1 aliphatic carbocycles. The Bertz CT molecular complexity index is 295. The molecule has 2 bridgehead atoms. The van der Waals surface area contributed by atoms with Crippen LogP contribution in [0.4, 0.5) is 0 Å². The molecule has 1 heteroatoms. The van der Waals surface area contributed by atoms with Crippen LogP contribution in [-0.4, -0.2) is 6.21 Å². The average Bonchev–Trinajstić information content (AvgIpc) is 2.37. The largest absolute Gasteiger partial charge is 0.264 e. The van der Waals surface area contributed by atoms with Gasteiger partial charge in [-0.25, -0.2) is 0 Å². The van der Waals surface area contributed by atoms with E-state index in [-0.39, 0.29) is 0 Å². The molecule has 0 aromatic rings. The Morgan fingerprint density at radius 2 is 1.92 bits per heavy atom. The van der Waals surface area contributed by atoms with Crippen LogP contribution in [0.2, 0.25) is 0 Å². The molecule has 0 radical (unpaired) electrons. The molecule has 1 nitrogen and oxygen atoms in total. The van der Waals surface area contributed by atoms with E-state index in [1.54, 1.807) is 0 Å². The number of allylic oxidation sites excluding steroid dienone is 7. The van der Waals surface area contributed by atoms with Crippen molar-refractivity contribution in [3.63, 3.8) is 0 Å². The summed E-state index contributed by atoms with van der Waals surface area (Å²) in [6.45, 7) is 2.20. The maximum atomic E-state index is 4.16. The summed E-state index contributed by atoms with van der Waals surface area (Å²) in [4.78, 5) is 4.16. The van der Waals surface area contributed by atoms with Crippen LogP contribution in [0.3, 0.4) is 0 Å². The Morgan fingerprint density at radius 1 is 1.17 bits per heavy atom. The summed E-state index contributed by atoms with van der Waals surface area (Å²) in [5.74, 6) is 0.475. The van der Waals surface area contributed by atoms with Crippen LogP contribution in [0, 0.1) is 5.92 Å². The number of hydrogen-bond donors (Lipinski definition) is 0. The van der Waals surface area contributed by atoms with Gasteiger partial charge in [0.25, 0.3) is 0 Å². The Labute approximate surface area is 72.5 Å². The summed E-state index contributed by atoms with van der Waals surface area (Å²) in [5, 5.41) is 0. The SMILES string of the molecule is CC1C2=CC=CC=C1C=NC=C2. The van der Waals surface area contributed by atoms with E-state index < -0.39 is 0 Å². The lowest BCUT2D eigenvalue weighted by atomic mass is 9.94. The Morgan fingerprint density at radius 3 is 2.75 bits per heavy atom. The Hall–Kier alpha value is -1.37. The first-order valence-corrected chi connectivity index (χ1v) is 4.16. The quantitative estimate of drug-likeness (QED) is 0.512. The lowest BCUT2D eigenvalue weighted by Gasteiger charge is -2.09. The van der Waals surface area contributed by atoms with Gasteiger partial charge in [0.2, 0.25) is 0 Å². The topological polar surface area (TPSA) is 12.4 Å². The van der Waals surface area contributed by atoms with Gasteiger partial charge in [-0.15, -0.1) is 0 Å². The van der Waals surface area contributed by atoms with E-state index in [2.05, 4.69) is 42.3 Å². The lowest BCUT2D eigenvalue weighted by molar-refractivity contribution is 0.870. The molecule has 0 aromatic carbocycles. The zero-order chi connectivity index (χ0) is 8.39. The molecule has 0 aromatic heterocycles. The van der Waals surface area contributed by atoms with Gasteiger partial charge >= 0.3 is 0 Å². The second-order valence-corrected chi connectivity index (χ2v) is 3.03. The smallest absolute Gasteiger partial charge is 0.0305 e. The first-order valence-electron chi connectivity index (χ1n) is 4.16. The van der Waals surface area contributed by atoms with Crippen molar-refractivity contribution < 1.29 is 0 Å². The van der Waals surface area contributed by atoms with Crippen molar-refractivity contribution in [1.29, 1.82) is 0 Å². The van der Waals surface area contributed by atoms with Crippen LogP contribution in [0.1, 0.15) is 6.92 Å². The minimum absolute atomic E-state index is 0.475. The highest BCUT2D eigenvalue weighted by Crippen LogP contribution is 2.24. The van der Waals surface area contributed by atoms with E-state index in [4.69, 9.17) is 0 Å². The molecule has 2 rings (SSSR count). The van der Waals surface area contributed by atoms with Crippen LogP contribution in [0.5, 0.6) is 0 Å². The van der Waals surface area contributed by atoms with Crippen LogP contribution < -0.4 is 0 Å². The van der Waals surface area contributed by atoms with Crippen molar-refractivity contribution >= 4 is 6.21 Å². The van der Waals surface area contributed by atoms with E-state index in [0.717, 1.165) is 0 Å². The number of aliphatic imine (C=N–C) groups is 1. The zero-order valence-electron chi connectivity index (χ0n) is 7.07. The van der Waals surface area contributed by atoms with E-state index >= 15 is 0 Å². The standard InChI is InChI=1S/C11H11N/c1-9-10-4-2-3-5-11(9)8-12-7-6-10/h2-9H,1H3. The Balaban J connectivity index is 2.53. The van der Waals surface area contributed by atoms with Crippen molar-refractivity contribution in [2.24, 2.45) is 10.9 Å². The van der Waals surface area contributed by atoms with Crippen molar-refractivity contribution in [3.05, 3.63) is 47.7 Å². The zero-order valence-corrected chi connectivity index (χ0v) is 7.07. The highest BCUT2D eigenvalue weighted by Gasteiger charge is 2.12. The van der Waals surface area contributed by atoms with Gasteiger partial charge in [-0.1, -0.05) is 31.2 Å². The fourth-order valence-corrected chi connectivity index (χ4v) is 1.43. The van der Waals surface area contributed by atoms with Crippen molar-refractivity contribution in [3.8, 4) is 0 Å². The van der Waals surface area contributed by atoms with E-state index in [1.807, 2.05) is 12.4 Å². The van der Waals surface area contributed by atoms with Crippen molar-refractivity contribution in [2.75, 3.05) is 0 Å². The number of hydrogen-bond acceptors (Lipinski definition) is 1. The highest BCUT2D eigenvalue weighted by atomic mass is 14.7. The molecule has 0 fully saturated rings. The molecule has 60 valence electrons. The molecule has 1 aliphatic heterocycles. The average molecular weight is 157 g/mol. The first-order chi connectivity index (χ1) is 5.88. The summed E-state index contributed by atoms with van der Waals surface area (Å²) >= 11 is 0. The third-order valence-electron chi connectivity index (χ3n) is 2.27. The fourth-order valence-electron chi connectivity index (χ4n) is 1.43. The van der Waals surface area contributed by atoms with Gasteiger partial charge in [0.15, 0.2) is 0 Å². The molecular weight excluding hydrogens is 146 g/mol. The van der Waals surface area contributed by atoms with Gasteiger partial charge < -0.3 is 0 Å². The van der Waals surface area contributed by atoms with Gasteiger partial charge in [-0.3, -0.25) is 4.99 Å². The van der Waals surface area contributed by atoms with Gasteiger partial charge in [0, 0.05) is 18.3 Å². The first kappa shape index (κ1) is 7.29. The fraction of sp³-hybridized carbons (Fsp3) is 0.182. The minimum atomic E-state index is 0.475. The summed E-state index contributed by atoms with van der Waals surface area (Å²) in [7, 11) is 0. The van der Waals surface area contributed by atoms with Crippen molar-refractivity contribution in [1.82, 2.24) is 0 Å². The predicted molar refractivity (Wildman–Crippen MR) is 52.1 cm³/mol. The molecule has 12 heavy (non-hydrogen) atoms. The van der Waals surface area contributed by atoms with E-state index in [0.29, 0.717) is 5.92 Å². The molecule has 2 aliphatic rings. The third kappa shape index (κ3) is 1.18. The van der Waals surface area contributed by atoms with E-state index in [9.17, 15) is 0 Å². The maximum Gasteiger partial charge on any atom is 0.0305 e. The van der Waals surface area contributed by atoms with Crippen molar-refractivity contribution in [2.45, 2.75) is 6.92 Å². The van der Waals surface area contributed by atoms with Crippen LogP contribution in [0.15, 0.2) is 52.7 Å². The molecule has 0 spiro atoms. The monoisotopic (exact) mass is 157 g/mol. The number of fused-ring (bicyclic) bond motifs is 2. The number of rotatable bonds is 0. The minimum Gasteiger partial charge on any atom is -0.264 e. The molecule has 1 unspecified atom stereocenters. The second kappa shape index (κ2) is 2.94. The van der Waals surface area contributed by atoms with Gasteiger partial charge in [-0.05, 0) is 17.2 Å². The number of nitrogens with zero attached hydrogens (tertiary/aromatic N) is 1. The Kier molecular flexibility index (Phi) is 1.78.